The van der Waals surface area contributed by atoms with Gasteiger partial charge in [0.1, 0.15) is 24.2 Å². The Kier molecular flexibility index (Phi) is 5.94. The molecule has 0 unspecified atom stereocenters. The summed E-state index contributed by atoms with van der Waals surface area (Å²) in [5.74, 6) is 0.234. The number of hydrogen-bond acceptors (Lipinski definition) is 5. The van der Waals surface area contributed by atoms with E-state index in [2.05, 4.69) is 4.98 Å². The monoisotopic (exact) mass is 489 g/mol. The maximum atomic E-state index is 13.0. The van der Waals surface area contributed by atoms with Gasteiger partial charge in [0.25, 0.3) is 0 Å². The van der Waals surface area contributed by atoms with Crippen LogP contribution in [0.15, 0.2) is 77.6 Å². The summed E-state index contributed by atoms with van der Waals surface area (Å²) in [6, 6.07) is 20.6. The smallest absolute Gasteiger partial charge is 0.416 e. The lowest BCUT2D eigenvalue weighted by Gasteiger charge is -2.21. The van der Waals surface area contributed by atoms with Crippen LogP contribution in [0, 0.1) is 11.3 Å². The zero-order valence-corrected chi connectivity index (χ0v) is 18.7. The molecule has 0 N–H and O–H groups in total. The Morgan fingerprint density at radius 3 is 2.67 bits per heavy atom. The fourth-order valence-corrected chi connectivity index (χ4v) is 4.08. The first-order chi connectivity index (χ1) is 17.3. The molecule has 2 heterocycles. The highest BCUT2D eigenvalue weighted by Gasteiger charge is 2.30. The number of fused-ring (bicyclic) bond motifs is 3. The van der Waals surface area contributed by atoms with Gasteiger partial charge >= 0.3 is 11.9 Å². The molecule has 1 aliphatic rings. The molecule has 0 saturated carbocycles. The van der Waals surface area contributed by atoms with E-state index in [1.165, 1.54) is 24.3 Å². The summed E-state index contributed by atoms with van der Waals surface area (Å²) in [7, 11) is 0. The van der Waals surface area contributed by atoms with Crippen LogP contribution in [0.2, 0.25) is 0 Å². The molecule has 0 spiro atoms. The van der Waals surface area contributed by atoms with Gasteiger partial charge in [-0.2, -0.15) is 23.4 Å². The first-order valence-electron chi connectivity index (χ1n) is 11.0. The molecule has 0 saturated heterocycles. The largest absolute Gasteiger partial charge is 0.473 e. The first kappa shape index (κ1) is 23.2. The molecule has 9 heteroatoms. The second-order valence-electron chi connectivity index (χ2n) is 8.18. The third kappa shape index (κ3) is 4.66. The van der Waals surface area contributed by atoms with Crippen LogP contribution in [0.4, 0.5) is 13.2 Å². The van der Waals surface area contributed by atoms with E-state index in [0.29, 0.717) is 12.1 Å². The second kappa shape index (κ2) is 9.23. The van der Waals surface area contributed by atoms with Crippen LogP contribution in [0.1, 0.15) is 22.3 Å². The molecule has 1 aliphatic heterocycles. The van der Waals surface area contributed by atoms with Crippen molar-refractivity contribution in [3.8, 4) is 34.7 Å². The molecule has 0 fully saturated rings. The number of aryl methyl sites for hydroxylation is 1. The lowest BCUT2D eigenvalue weighted by atomic mass is 9.98. The van der Waals surface area contributed by atoms with Crippen LogP contribution in [0.5, 0.6) is 17.4 Å². The van der Waals surface area contributed by atoms with E-state index >= 15 is 0 Å². The van der Waals surface area contributed by atoms with Gasteiger partial charge in [-0.05, 0) is 47.9 Å². The van der Waals surface area contributed by atoms with Crippen molar-refractivity contribution in [1.29, 1.82) is 5.26 Å². The third-order valence-corrected chi connectivity index (χ3v) is 5.83. The summed E-state index contributed by atoms with van der Waals surface area (Å²) in [6.07, 6.45) is -3.76. The highest BCUT2D eigenvalue weighted by atomic mass is 19.4. The standard InChI is InChI=1S/C27H18F3N3O3/c28-27(29,30)20-5-3-6-21(13-20)36-24-9-8-17(12-19(24)15-31)16-35-25-14-23-22-7-2-1-4-18(22)10-11-33(23)26(34)32-25/h1-9,12-14H,10-11,16H2. The number of halogens is 3. The quantitative estimate of drug-likeness (QED) is 0.358. The van der Waals surface area contributed by atoms with Crippen LogP contribution in [0.25, 0.3) is 11.3 Å². The van der Waals surface area contributed by atoms with E-state index < -0.39 is 17.4 Å². The van der Waals surface area contributed by atoms with Gasteiger partial charge in [-0.3, -0.25) is 4.57 Å². The molecular formula is C27H18F3N3O3. The van der Waals surface area contributed by atoms with Crippen LogP contribution in [0.3, 0.4) is 0 Å². The number of hydrogen-bond donors (Lipinski definition) is 0. The first-order valence-corrected chi connectivity index (χ1v) is 11.0. The summed E-state index contributed by atoms with van der Waals surface area (Å²) in [5, 5.41) is 9.54. The average molecular weight is 489 g/mol. The van der Waals surface area contributed by atoms with E-state index in [1.807, 2.05) is 30.3 Å². The number of benzene rings is 3. The Morgan fingerprint density at radius 1 is 1.03 bits per heavy atom. The fourth-order valence-electron chi connectivity index (χ4n) is 4.08. The molecule has 0 atom stereocenters. The zero-order valence-electron chi connectivity index (χ0n) is 18.7. The van der Waals surface area contributed by atoms with Crippen LogP contribution >= 0.6 is 0 Å². The number of alkyl halides is 3. The van der Waals surface area contributed by atoms with Gasteiger partial charge in [0.2, 0.25) is 5.88 Å². The minimum Gasteiger partial charge on any atom is -0.473 e. The molecule has 36 heavy (non-hydrogen) atoms. The van der Waals surface area contributed by atoms with E-state index in [9.17, 15) is 23.2 Å². The van der Waals surface area contributed by atoms with Crippen LogP contribution in [-0.4, -0.2) is 9.55 Å². The van der Waals surface area contributed by atoms with Crippen LogP contribution < -0.4 is 15.2 Å². The topological polar surface area (TPSA) is 77.1 Å². The maximum Gasteiger partial charge on any atom is 0.416 e. The minimum atomic E-state index is -4.51. The molecule has 6 nitrogen and oxygen atoms in total. The molecule has 0 bridgehead atoms. The number of nitriles is 1. The SMILES string of the molecule is N#Cc1cc(COc2cc3n(c(=O)n2)CCc2ccccc2-3)ccc1Oc1cccc(C(F)(F)F)c1. The lowest BCUT2D eigenvalue weighted by Crippen LogP contribution is -2.28. The summed E-state index contributed by atoms with van der Waals surface area (Å²) in [6.45, 7) is 0.563. The molecule has 0 aliphatic carbocycles. The molecule has 0 radical (unpaired) electrons. The van der Waals surface area contributed by atoms with Crippen LogP contribution in [-0.2, 0) is 25.7 Å². The van der Waals surface area contributed by atoms with E-state index in [1.54, 1.807) is 16.7 Å². The van der Waals surface area contributed by atoms with Crippen molar-refractivity contribution in [2.24, 2.45) is 0 Å². The van der Waals surface area contributed by atoms with E-state index in [0.717, 1.165) is 35.4 Å². The van der Waals surface area contributed by atoms with Crippen molar-refractivity contribution in [3.05, 3.63) is 106 Å². The van der Waals surface area contributed by atoms with Gasteiger partial charge in [0.15, 0.2) is 0 Å². The summed E-state index contributed by atoms with van der Waals surface area (Å²) in [5.41, 5.74) is 2.30. The zero-order chi connectivity index (χ0) is 25.3. The molecule has 0 amide bonds. The van der Waals surface area contributed by atoms with Gasteiger partial charge in [0, 0.05) is 18.2 Å². The third-order valence-electron chi connectivity index (χ3n) is 5.83. The Labute approximate surface area is 203 Å². The number of rotatable bonds is 5. The van der Waals surface area contributed by atoms with Crippen molar-refractivity contribution in [1.82, 2.24) is 9.55 Å². The molecular weight excluding hydrogens is 471 g/mol. The van der Waals surface area contributed by atoms with Crippen molar-refractivity contribution in [3.63, 3.8) is 0 Å². The van der Waals surface area contributed by atoms with Gasteiger partial charge in [-0.25, -0.2) is 4.79 Å². The van der Waals surface area contributed by atoms with Gasteiger partial charge in [-0.1, -0.05) is 36.4 Å². The lowest BCUT2D eigenvalue weighted by molar-refractivity contribution is -0.137. The number of ether oxygens (including phenoxy) is 2. The van der Waals surface area contributed by atoms with Crippen molar-refractivity contribution >= 4 is 0 Å². The number of nitrogens with zero attached hydrogens (tertiary/aromatic N) is 3. The van der Waals surface area contributed by atoms with Crippen molar-refractivity contribution in [2.75, 3.05) is 0 Å². The van der Waals surface area contributed by atoms with Gasteiger partial charge < -0.3 is 9.47 Å². The normalized spacial score (nSPS) is 12.3. The highest BCUT2D eigenvalue weighted by molar-refractivity contribution is 5.66. The van der Waals surface area contributed by atoms with E-state index in [-0.39, 0.29) is 29.5 Å². The Morgan fingerprint density at radius 2 is 1.86 bits per heavy atom. The Hall–Kier alpha value is -4.58. The summed E-state index contributed by atoms with van der Waals surface area (Å²) in [4.78, 5) is 16.6. The molecule has 180 valence electrons. The Balaban J connectivity index is 1.35. The van der Waals surface area contributed by atoms with E-state index in [4.69, 9.17) is 9.47 Å². The fraction of sp³-hybridized carbons (Fsp3) is 0.148. The average Bonchev–Trinajstić information content (AvgIpc) is 2.87. The Bertz CT molecular complexity index is 1550. The molecule has 4 aromatic rings. The minimum absolute atomic E-state index is 0.0239. The summed E-state index contributed by atoms with van der Waals surface area (Å²) < 4.78 is 51.8. The van der Waals surface area contributed by atoms with Crippen molar-refractivity contribution < 1.29 is 22.6 Å². The maximum absolute atomic E-state index is 13.0. The predicted octanol–water partition coefficient (Wildman–Crippen LogP) is 5.73. The molecule has 5 rings (SSSR count). The van der Waals surface area contributed by atoms with Gasteiger partial charge in [-0.15, -0.1) is 0 Å². The van der Waals surface area contributed by atoms with Gasteiger partial charge in [0.05, 0.1) is 16.8 Å². The highest BCUT2D eigenvalue weighted by Crippen LogP contribution is 2.34. The number of aromatic nitrogens is 2. The predicted molar refractivity (Wildman–Crippen MR) is 125 cm³/mol. The van der Waals surface area contributed by atoms with Crippen molar-refractivity contribution in [2.45, 2.75) is 25.7 Å². The molecule has 1 aromatic heterocycles. The molecule has 3 aromatic carbocycles. The summed E-state index contributed by atoms with van der Waals surface area (Å²) >= 11 is 0. The second-order valence-corrected chi connectivity index (χ2v) is 8.18.